The van der Waals surface area contributed by atoms with E-state index in [9.17, 15) is 10.1 Å². The summed E-state index contributed by atoms with van der Waals surface area (Å²) in [5.41, 5.74) is -0.0949. The van der Waals surface area contributed by atoms with Gasteiger partial charge in [0.05, 0.1) is 4.92 Å². The number of likely N-dealkylation sites (N-methyl/N-ethyl adjacent to an activating group) is 1. The summed E-state index contributed by atoms with van der Waals surface area (Å²) in [7, 11) is 3.76. The maximum Gasteiger partial charge on any atom is 0.329 e. The van der Waals surface area contributed by atoms with Crippen molar-refractivity contribution >= 4 is 17.5 Å². The number of nitrogens with zero attached hydrogens (tertiary/aromatic N) is 4. The van der Waals surface area contributed by atoms with Crippen molar-refractivity contribution < 1.29 is 4.92 Å². The van der Waals surface area contributed by atoms with Crippen LogP contribution < -0.4 is 10.6 Å². The minimum absolute atomic E-state index is 0.0949. The van der Waals surface area contributed by atoms with Gasteiger partial charge in [-0.1, -0.05) is 6.42 Å². The number of piperidine rings is 1. The monoisotopic (exact) mass is 280 g/mol. The molecule has 0 aliphatic carbocycles. The number of likely N-dealkylation sites (tertiary alicyclic amines) is 1. The van der Waals surface area contributed by atoms with E-state index in [0.29, 0.717) is 18.5 Å². The third-order valence-corrected chi connectivity index (χ3v) is 3.62. The van der Waals surface area contributed by atoms with E-state index in [2.05, 4.69) is 32.5 Å². The summed E-state index contributed by atoms with van der Waals surface area (Å²) in [6, 6.07) is 0.386. The van der Waals surface area contributed by atoms with E-state index in [1.807, 2.05) is 0 Å². The van der Waals surface area contributed by atoms with E-state index < -0.39 is 4.92 Å². The third-order valence-electron chi connectivity index (χ3n) is 3.62. The van der Waals surface area contributed by atoms with Crippen molar-refractivity contribution in [2.24, 2.45) is 0 Å². The predicted molar refractivity (Wildman–Crippen MR) is 77.0 cm³/mol. The molecule has 110 valence electrons. The topological polar surface area (TPSA) is 96.2 Å². The zero-order chi connectivity index (χ0) is 14.5. The molecule has 0 aromatic carbocycles. The zero-order valence-corrected chi connectivity index (χ0v) is 11.8. The van der Waals surface area contributed by atoms with Gasteiger partial charge >= 0.3 is 5.69 Å². The van der Waals surface area contributed by atoms with Gasteiger partial charge in [-0.15, -0.1) is 0 Å². The largest absolute Gasteiger partial charge is 0.363 e. The maximum absolute atomic E-state index is 11.0. The second-order valence-electron chi connectivity index (χ2n) is 4.95. The molecule has 20 heavy (non-hydrogen) atoms. The first-order valence-corrected chi connectivity index (χ1v) is 6.75. The molecule has 0 spiro atoms. The number of hydrogen-bond donors (Lipinski definition) is 2. The Labute approximate surface area is 117 Å². The maximum atomic E-state index is 11.0. The molecule has 1 aromatic heterocycles. The standard InChI is InChI=1S/C12H20N6O2/c1-13-12-15-8-10(18(19)20)11(16-12)14-7-9-5-3-4-6-17(9)2/h8-9H,3-7H2,1-2H3,(H2,13,14,15,16). The summed E-state index contributed by atoms with van der Waals surface area (Å²) in [4.78, 5) is 20.8. The molecule has 1 aliphatic heterocycles. The fraction of sp³-hybridized carbons (Fsp3) is 0.667. The van der Waals surface area contributed by atoms with Crippen LogP contribution in [0.4, 0.5) is 17.5 Å². The van der Waals surface area contributed by atoms with E-state index in [-0.39, 0.29) is 11.5 Å². The molecule has 8 nitrogen and oxygen atoms in total. The van der Waals surface area contributed by atoms with Gasteiger partial charge in [0.2, 0.25) is 11.8 Å². The third kappa shape index (κ3) is 3.32. The van der Waals surface area contributed by atoms with Crippen LogP contribution in [0.3, 0.4) is 0 Å². The van der Waals surface area contributed by atoms with E-state index in [0.717, 1.165) is 13.0 Å². The van der Waals surface area contributed by atoms with Crippen molar-refractivity contribution in [3.8, 4) is 0 Å². The fourth-order valence-corrected chi connectivity index (χ4v) is 2.38. The second kappa shape index (κ2) is 6.47. The molecule has 1 atom stereocenters. The Morgan fingerprint density at radius 1 is 1.55 bits per heavy atom. The highest BCUT2D eigenvalue weighted by atomic mass is 16.6. The first-order valence-electron chi connectivity index (χ1n) is 6.75. The molecule has 0 amide bonds. The van der Waals surface area contributed by atoms with E-state index in [1.54, 1.807) is 7.05 Å². The summed E-state index contributed by atoms with van der Waals surface area (Å²) in [5, 5.41) is 16.9. The first kappa shape index (κ1) is 14.4. The molecule has 1 unspecified atom stereocenters. The van der Waals surface area contributed by atoms with Crippen LogP contribution in [0.25, 0.3) is 0 Å². The van der Waals surface area contributed by atoms with Crippen LogP contribution in [0.5, 0.6) is 0 Å². The average Bonchev–Trinajstić information content (AvgIpc) is 2.46. The summed E-state index contributed by atoms with van der Waals surface area (Å²) in [5.74, 6) is 0.642. The lowest BCUT2D eigenvalue weighted by atomic mass is 10.0. The van der Waals surface area contributed by atoms with Gasteiger partial charge in [-0.25, -0.2) is 4.98 Å². The molecule has 0 saturated carbocycles. The van der Waals surface area contributed by atoms with Crippen molar-refractivity contribution in [2.75, 3.05) is 37.8 Å². The van der Waals surface area contributed by atoms with Crippen LogP contribution in [0, 0.1) is 10.1 Å². The molecule has 1 aromatic rings. The van der Waals surface area contributed by atoms with Crippen LogP contribution in [0.1, 0.15) is 19.3 Å². The molecule has 1 saturated heterocycles. The molecule has 1 aliphatic rings. The second-order valence-corrected chi connectivity index (χ2v) is 4.95. The minimum Gasteiger partial charge on any atom is -0.363 e. The molecule has 1 fully saturated rings. The average molecular weight is 280 g/mol. The number of aromatic nitrogens is 2. The van der Waals surface area contributed by atoms with E-state index in [4.69, 9.17) is 0 Å². The number of nitro groups is 1. The molecule has 2 N–H and O–H groups in total. The van der Waals surface area contributed by atoms with Gasteiger partial charge in [0.15, 0.2) is 0 Å². The summed E-state index contributed by atoms with van der Waals surface area (Å²) >= 11 is 0. The van der Waals surface area contributed by atoms with Crippen LogP contribution in [-0.4, -0.2) is 53.0 Å². The Hall–Kier alpha value is -1.96. The molecule has 0 bridgehead atoms. The van der Waals surface area contributed by atoms with Crippen LogP contribution in [0.15, 0.2) is 6.20 Å². The van der Waals surface area contributed by atoms with Crippen LogP contribution >= 0.6 is 0 Å². The molecular weight excluding hydrogens is 260 g/mol. The highest BCUT2D eigenvalue weighted by Crippen LogP contribution is 2.23. The summed E-state index contributed by atoms with van der Waals surface area (Å²) < 4.78 is 0. The van der Waals surface area contributed by atoms with Crippen LogP contribution in [0.2, 0.25) is 0 Å². The lowest BCUT2D eigenvalue weighted by Gasteiger charge is -2.32. The van der Waals surface area contributed by atoms with Crippen LogP contribution in [-0.2, 0) is 0 Å². The number of anilines is 2. The van der Waals surface area contributed by atoms with Crippen molar-refractivity contribution in [3.05, 3.63) is 16.3 Å². The van der Waals surface area contributed by atoms with Crippen molar-refractivity contribution in [2.45, 2.75) is 25.3 Å². The number of hydrogen-bond acceptors (Lipinski definition) is 7. The smallest absolute Gasteiger partial charge is 0.329 e. The Morgan fingerprint density at radius 3 is 3.00 bits per heavy atom. The Morgan fingerprint density at radius 2 is 2.35 bits per heavy atom. The highest BCUT2D eigenvalue weighted by molar-refractivity contribution is 5.56. The quantitative estimate of drug-likeness (QED) is 0.620. The Bertz CT molecular complexity index is 481. The van der Waals surface area contributed by atoms with E-state index in [1.165, 1.54) is 19.0 Å². The van der Waals surface area contributed by atoms with E-state index >= 15 is 0 Å². The number of nitrogens with one attached hydrogen (secondary N) is 2. The molecule has 2 rings (SSSR count). The fourth-order valence-electron chi connectivity index (χ4n) is 2.38. The van der Waals surface area contributed by atoms with Gasteiger partial charge < -0.3 is 15.5 Å². The van der Waals surface area contributed by atoms with Gasteiger partial charge in [-0.3, -0.25) is 10.1 Å². The van der Waals surface area contributed by atoms with Gasteiger partial charge in [0.25, 0.3) is 0 Å². The highest BCUT2D eigenvalue weighted by Gasteiger charge is 2.21. The Balaban J connectivity index is 2.08. The molecular formula is C12H20N6O2. The van der Waals surface area contributed by atoms with Gasteiger partial charge in [0.1, 0.15) is 6.20 Å². The zero-order valence-electron chi connectivity index (χ0n) is 11.8. The summed E-state index contributed by atoms with van der Waals surface area (Å²) in [6.45, 7) is 1.72. The molecule has 0 radical (unpaired) electrons. The van der Waals surface area contributed by atoms with Crippen molar-refractivity contribution in [1.29, 1.82) is 0 Å². The summed E-state index contributed by atoms with van der Waals surface area (Å²) in [6.07, 6.45) is 4.74. The predicted octanol–water partition coefficient (Wildman–Crippen LogP) is 1.32. The van der Waals surface area contributed by atoms with Crippen molar-refractivity contribution in [1.82, 2.24) is 14.9 Å². The van der Waals surface area contributed by atoms with Crippen molar-refractivity contribution in [3.63, 3.8) is 0 Å². The SMILES string of the molecule is CNc1ncc([N+](=O)[O-])c(NCC2CCCCN2C)n1. The first-order chi connectivity index (χ1) is 9.61. The lowest BCUT2D eigenvalue weighted by Crippen LogP contribution is -2.40. The molecule has 8 heteroatoms. The minimum atomic E-state index is -0.466. The number of rotatable bonds is 5. The van der Waals surface area contributed by atoms with Gasteiger partial charge in [-0.2, -0.15) is 4.98 Å². The molecule has 2 heterocycles. The van der Waals surface area contributed by atoms with Gasteiger partial charge in [0, 0.05) is 19.6 Å². The Kier molecular flexibility index (Phi) is 4.67. The lowest BCUT2D eigenvalue weighted by molar-refractivity contribution is -0.384. The van der Waals surface area contributed by atoms with Gasteiger partial charge in [-0.05, 0) is 26.4 Å². The normalized spacial score (nSPS) is 19.6.